The first-order valence-electron chi connectivity index (χ1n) is 7.28. The van der Waals surface area contributed by atoms with Crippen LogP contribution in [0.4, 0.5) is 18.9 Å². The number of nitrogens with zero attached hydrogens (tertiary/aromatic N) is 4. The second-order valence-electron chi connectivity index (χ2n) is 5.75. The van der Waals surface area contributed by atoms with E-state index in [1.165, 1.54) is 23.2 Å². The number of aromatic nitrogens is 3. The van der Waals surface area contributed by atoms with Crippen LogP contribution in [0, 0.1) is 11.3 Å². The number of H-pyrrole nitrogens is 1. The van der Waals surface area contributed by atoms with Gasteiger partial charge in [0.15, 0.2) is 0 Å². The van der Waals surface area contributed by atoms with E-state index in [0.29, 0.717) is 25.1 Å². The predicted octanol–water partition coefficient (Wildman–Crippen LogP) is 2.18. The van der Waals surface area contributed by atoms with Crippen LogP contribution < -0.4 is 4.90 Å². The van der Waals surface area contributed by atoms with E-state index >= 15 is 0 Å². The molecule has 2 aromatic rings. The minimum absolute atomic E-state index is 0.0332. The molecule has 1 atom stereocenters. The zero-order valence-electron chi connectivity index (χ0n) is 12.5. The molecule has 9 heteroatoms. The highest BCUT2D eigenvalue weighted by Gasteiger charge is 2.41. The maximum absolute atomic E-state index is 13.4. The number of alkyl halides is 3. The Bertz CT molecular complexity index is 768. The number of piperidine rings is 1. The van der Waals surface area contributed by atoms with E-state index in [9.17, 15) is 18.3 Å². The van der Waals surface area contributed by atoms with E-state index in [-0.39, 0.29) is 17.8 Å². The average molecular weight is 337 g/mol. The molecule has 1 unspecified atom stereocenters. The highest BCUT2D eigenvalue weighted by Crippen LogP contribution is 2.40. The molecule has 1 aromatic carbocycles. The molecule has 0 aliphatic carbocycles. The molecule has 1 saturated heterocycles. The third-order valence-corrected chi connectivity index (χ3v) is 4.13. The lowest BCUT2D eigenvalue weighted by Crippen LogP contribution is -2.47. The summed E-state index contributed by atoms with van der Waals surface area (Å²) >= 11 is 0. The molecule has 2 heterocycles. The lowest BCUT2D eigenvalue weighted by molar-refractivity contribution is -0.137. The summed E-state index contributed by atoms with van der Waals surface area (Å²) in [6, 6.07) is 5.17. The molecule has 126 valence electrons. The summed E-state index contributed by atoms with van der Waals surface area (Å²) in [5.74, 6) is 0. The van der Waals surface area contributed by atoms with Gasteiger partial charge in [0.05, 0.1) is 29.9 Å². The average Bonchev–Trinajstić information content (AvgIpc) is 3.09. The molecular formula is C15H14F3N5O. The van der Waals surface area contributed by atoms with Crippen molar-refractivity contribution in [3.8, 4) is 6.07 Å². The first kappa shape index (κ1) is 16.3. The number of rotatable bonds is 2. The molecule has 0 spiro atoms. The van der Waals surface area contributed by atoms with Crippen molar-refractivity contribution in [2.75, 3.05) is 18.0 Å². The first-order chi connectivity index (χ1) is 11.3. The maximum Gasteiger partial charge on any atom is 0.418 e. The van der Waals surface area contributed by atoms with Crippen molar-refractivity contribution in [1.29, 1.82) is 5.26 Å². The number of nitrogens with one attached hydrogen (secondary N) is 1. The fourth-order valence-electron chi connectivity index (χ4n) is 2.99. The van der Waals surface area contributed by atoms with Crippen LogP contribution in [-0.4, -0.2) is 33.6 Å². The molecule has 0 amide bonds. The molecule has 1 aliphatic heterocycles. The monoisotopic (exact) mass is 337 g/mol. The molecule has 0 bridgehead atoms. The zero-order valence-corrected chi connectivity index (χ0v) is 12.5. The Labute approximate surface area is 135 Å². The molecule has 1 fully saturated rings. The van der Waals surface area contributed by atoms with Crippen LogP contribution >= 0.6 is 0 Å². The highest BCUT2D eigenvalue weighted by molar-refractivity contribution is 5.58. The number of nitriles is 1. The Hall–Kier alpha value is -2.60. The lowest BCUT2D eigenvalue weighted by Gasteiger charge is -2.40. The van der Waals surface area contributed by atoms with Crippen molar-refractivity contribution >= 4 is 5.69 Å². The first-order valence-corrected chi connectivity index (χ1v) is 7.28. The van der Waals surface area contributed by atoms with Crippen LogP contribution in [0.2, 0.25) is 0 Å². The number of benzene rings is 1. The summed E-state index contributed by atoms with van der Waals surface area (Å²) in [5.41, 5.74) is -2.07. The van der Waals surface area contributed by atoms with Crippen molar-refractivity contribution in [2.45, 2.75) is 24.6 Å². The fraction of sp³-hybridized carbons (Fsp3) is 0.400. The van der Waals surface area contributed by atoms with Gasteiger partial charge in [0.25, 0.3) is 0 Å². The van der Waals surface area contributed by atoms with Gasteiger partial charge >= 0.3 is 6.18 Å². The normalized spacial score (nSPS) is 21.5. The number of β-amino-alcohol motifs (C(OH)–C–C–N with tert-alkyl or cyclic N) is 1. The van der Waals surface area contributed by atoms with Crippen LogP contribution in [0.3, 0.4) is 0 Å². The Morgan fingerprint density at radius 3 is 2.79 bits per heavy atom. The molecule has 3 rings (SSSR count). The van der Waals surface area contributed by atoms with Gasteiger partial charge in [-0.2, -0.15) is 33.8 Å². The number of hydrogen-bond donors (Lipinski definition) is 2. The SMILES string of the molecule is N#Cc1ccc(N2CCCC(O)(c3cn[nH]n3)C2)c(C(F)(F)F)c1. The van der Waals surface area contributed by atoms with Crippen LogP contribution in [0.15, 0.2) is 24.4 Å². The van der Waals surface area contributed by atoms with Gasteiger partial charge in [-0.05, 0) is 31.0 Å². The Balaban J connectivity index is 1.99. The fourth-order valence-corrected chi connectivity index (χ4v) is 2.99. The quantitative estimate of drug-likeness (QED) is 0.877. The van der Waals surface area contributed by atoms with E-state index in [4.69, 9.17) is 5.26 Å². The standard InChI is InChI=1S/C15H14F3N5O/c16-15(17,18)11-6-10(7-19)2-3-12(11)23-5-1-4-14(24,9-23)13-8-20-22-21-13/h2-3,6,8,24H,1,4-5,9H2,(H,20,21,22). The molecule has 1 aliphatic rings. The van der Waals surface area contributed by atoms with Gasteiger partial charge < -0.3 is 10.0 Å². The van der Waals surface area contributed by atoms with Crippen molar-refractivity contribution < 1.29 is 18.3 Å². The van der Waals surface area contributed by atoms with Gasteiger partial charge in [-0.3, -0.25) is 0 Å². The smallest absolute Gasteiger partial charge is 0.382 e. The highest BCUT2D eigenvalue weighted by atomic mass is 19.4. The summed E-state index contributed by atoms with van der Waals surface area (Å²) in [6.45, 7) is 0.337. The molecule has 1 aromatic heterocycles. The molecule has 2 N–H and O–H groups in total. The van der Waals surface area contributed by atoms with E-state index in [2.05, 4.69) is 15.4 Å². The van der Waals surface area contributed by atoms with Crippen molar-refractivity contribution in [3.05, 3.63) is 41.2 Å². The third-order valence-electron chi connectivity index (χ3n) is 4.13. The second kappa shape index (κ2) is 5.79. The van der Waals surface area contributed by atoms with Gasteiger partial charge in [0, 0.05) is 12.2 Å². The van der Waals surface area contributed by atoms with Crippen molar-refractivity contribution in [2.24, 2.45) is 0 Å². The summed E-state index contributed by atoms with van der Waals surface area (Å²) in [6.07, 6.45) is -2.34. The minimum atomic E-state index is -4.59. The number of hydrogen-bond acceptors (Lipinski definition) is 5. The van der Waals surface area contributed by atoms with Gasteiger partial charge in [-0.25, -0.2) is 0 Å². The van der Waals surface area contributed by atoms with Crippen molar-refractivity contribution in [1.82, 2.24) is 15.4 Å². The zero-order chi connectivity index (χ0) is 17.4. The van der Waals surface area contributed by atoms with Gasteiger partial charge in [-0.15, -0.1) is 0 Å². The molecule has 0 radical (unpaired) electrons. The molecule has 24 heavy (non-hydrogen) atoms. The number of aliphatic hydroxyl groups is 1. The predicted molar refractivity (Wildman–Crippen MR) is 77.9 cm³/mol. The van der Waals surface area contributed by atoms with Crippen LogP contribution in [0.5, 0.6) is 0 Å². The Morgan fingerprint density at radius 1 is 1.38 bits per heavy atom. The van der Waals surface area contributed by atoms with E-state index in [0.717, 1.165) is 6.07 Å². The minimum Gasteiger partial charge on any atom is -0.382 e. The third kappa shape index (κ3) is 2.92. The van der Waals surface area contributed by atoms with Crippen LogP contribution in [0.1, 0.15) is 29.7 Å². The maximum atomic E-state index is 13.4. The van der Waals surface area contributed by atoms with Crippen molar-refractivity contribution in [3.63, 3.8) is 0 Å². The second-order valence-corrected chi connectivity index (χ2v) is 5.75. The molecule has 6 nitrogen and oxygen atoms in total. The number of aromatic amines is 1. The summed E-state index contributed by atoms with van der Waals surface area (Å²) < 4.78 is 40.1. The van der Waals surface area contributed by atoms with Crippen LogP contribution in [-0.2, 0) is 11.8 Å². The summed E-state index contributed by atoms with van der Waals surface area (Å²) in [4.78, 5) is 1.47. The summed E-state index contributed by atoms with van der Waals surface area (Å²) in [7, 11) is 0. The summed E-state index contributed by atoms with van der Waals surface area (Å²) in [5, 5.41) is 29.5. The molecule has 0 saturated carbocycles. The van der Waals surface area contributed by atoms with E-state index < -0.39 is 17.3 Å². The van der Waals surface area contributed by atoms with Crippen LogP contribution in [0.25, 0.3) is 0 Å². The number of anilines is 1. The topological polar surface area (TPSA) is 88.8 Å². The Morgan fingerprint density at radius 2 is 2.17 bits per heavy atom. The number of halogens is 3. The van der Waals surface area contributed by atoms with Gasteiger partial charge in [-0.1, -0.05) is 0 Å². The van der Waals surface area contributed by atoms with E-state index in [1.807, 2.05) is 0 Å². The largest absolute Gasteiger partial charge is 0.418 e. The van der Waals surface area contributed by atoms with Gasteiger partial charge in [0.1, 0.15) is 11.3 Å². The Kier molecular flexibility index (Phi) is 3.93. The van der Waals surface area contributed by atoms with Gasteiger partial charge in [0.2, 0.25) is 0 Å². The molecular weight excluding hydrogens is 323 g/mol. The van der Waals surface area contributed by atoms with E-state index in [1.54, 1.807) is 6.07 Å². The lowest BCUT2D eigenvalue weighted by atomic mass is 9.89.